The van der Waals surface area contributed by atoms with E-state index in [0.29, 0.717) is 19.6 Å². The molecule has 1 heterocycles. The lowest BCUT2D eigenvalue weighted by atomic mass is 9.95. The number of hydrogen-bond donors (Lipinski definition) is 3. The predicted molar refractivity (Wildman–Crippen MR) is 66.2 cm³/mol. The summed E-state index contributed by atoms with van der Waals surface area (Å²) in [5.41, 5.74) is -0.518. The average molecular weight is 258 g/mol. The van der Waals surface area contributed by atoms with Gasteiger partial charge in [0.2, 0.25) is 5.91 Å². The molecule has 6 heteroatoms. The molecule has 1 aliphatic heterocycles. The summed E-state index contributed by atoms with van der Waals surface area (Å²) < 4.78 is 5.28. The lowest BCUT2D eigenvalue weighted by Gasteiger charge is -2.28. The third kappa shape index (κ3) is 4.27. The molecule has 0 saturated carbocycles. The molecule has 0 spiro atoms. The van der Waals surface area contributed by atoms with Crippen LogP contribution in [0, 0.1) is 5.92 Å². The SMILES string of the molecule is CNC1COCC1C(=O)NC(C)(C)CCC(=O)O. The Kier molecular flexibility index (Phi) is 5.10. The summed E-state index contributed by atoms with van der Waals surface area (Å²) in [7, 11) is 1.80. The summed E-state index contributed by atoms with van der Waals surface area (Å²) in [5.74, 6) is -1.14. The van der Waals surface area contributed by atoms with E-state index < -0.39 is 11.5 Å². The molecule has 6 nitrogen and oxygen atoms in total. The second-order valence-corrected chi connectivity index (χ2v) is 5.31. The minimum atomic E-state index is -0.852. The van der Waals surface area contributed by atoms with Gasteiger partial charge >= 0.3 is 5.97 Å². The van der Waals surface area contributed by atoms with Crippen molar-refractivity contribution in [2.75, 3.05) is 20.3 Å². The zero-order valence-electron chi connectivity index (χ0n) is 11.2. The van der Waals surface area contributed by atoms with Gasteiger partial charge < -0.3 is 20.5 Å². The third-order valence-corrected chi connectivity index (χ3v) is 3.21. The number of nitrogens with one attached hydrogen (secondary N) is 2. The highest BCUT2D eigenvalue weighted by Gasteiger charge is 2.35. The molecule has 0 aromatic heterocycles. The number of carbonyl (C=O) groups is 2. The number of carbonyl (C=O) groups excluding carboxylic acids is 1. The number of aliphatic carboxylic acids is 1. The Bertz CT molecular complexity index is 317. The van der Waals surface area contributed by atoms with Crippen molar-refractivity contribution in [3.8, 4) is 0 Å². The molecule has 2 atom stereocenters. The maximum absolute atomic E-state index is 12.1. The summed E-state index contributed by atoms with van der Waals surface area (Å²) in [6.07, 6.45) is 0.454. The maximum Gasteiger partial charge on any atom is 0.303 e. The van der Waals surface area contributed by atoms with Crippen molar-refractivity contribution >= 4 is 11.9 Å². The summed E-state index contributed by atoms with van der Waals surface area (Å²) >= 11 is 0. The first-order chi connectivity index (χ1) is 8.35. The fourth-order valence-electron chi connectivity index (χ4n) is 2.01. The molecule has 1 rings (SSSR count). The van der Waals surface area contributed by atoms with E-state index >= 15 is 0 Å². The predicted octanol–water partition coefficient (Wildman–Crippen LogP) is -0.0196. The van der Waals surface area contributed by atoms with E-state index in [-0.39, 0.29) is 24.3 Å². The van der Waals surface area contributed by atoms with E-state index in [1.54, 1.807) is 7.05 Å². The van der Waals surface area contributed by atoms with Gasteiger partial charge in [0.1, 0.15) is 0 Å². The van der Waals surface area contributed by atoms with Crippen LogP contribution in [-0.2, 0) is 14.3 Å². The number of ether oxygens (including phenoxy) is 1. The van der Waals surface area contributed by atoms with Gasteiger partial charge in [-0.2, -0.15) is 0 Å². The van der Waals surface area contributed by atoms with Crippen molar-refractivity contribution in [1.29, 1.82) is 0 Å². The van der Waals surface area contributed by atoms with Crippen molar-refractivity contribution in [3.63, 3.8) is 0 Å². The van der Waals surface area contributed by atoms with Gasteiger partial charge in [-0.05, 0) is 27.3 Å². The van der Waals surface area contributed by atoms with Gasteiger partial charge in [-0.1, -0.05) is 0 Å². The van der Waals surface area contributed by atoms with Crippen molar-refractivity contribution in [2.45, 2.75) is 38.3 Å². The van der Waals surface area contributed by atoms with Crippen LogP contribution < -0.4 is 10.6 Å². The quantitative estimate of drug-likeness (QED) is 0.623. The fourth-order valence-corrected chi connectivity index (χ4v) is 2.01. The first-order valence-electron chi connectivity index (χ1n) is 6.14. The molecule has 1 aliphatic rings. The molecular formula is C12H22N2O4. The van der Waals surface area contributed by atoms with E-state index in [2.05, 4.69) is 10.6 Å². The van der Waals surface area contributed by atoms with Crippen LogP contribution in [0.15, 0.2) is 0 Å². The Hall–Kier alpha value is -1.14. The first-order valence-corrected chi connectivity index (χ1v) is 6.14. The first kappa shape index (κ1) is 14.9. The Morgan fingerprint density at radius 1 is 1.39 bits per heavy atom. The summed E-state index contributed by atoms with van der Waals surface area (Å²) in [6.45, 7) is 4.60. The minimum Gasteiger partial charge on any atom is -0.481 e. The fraction of sp³-hybridized carbons (Fsp3) is 0.833. The molecule has 1 amide bonds. The number of hydrogen-bond acceptors (Lipinski definition) is 4. The minimum absolute atomic E-state index is 0.0280. The highest BCUT2D eigenvalue weighted by Crippen LogP contribution is 2.17. The Balaban J connectivity index is 2.49. The van der Waals surface area contributed by atoms with Gasteiger partial charge in [0.25, 0.3) is 0 Å². The average Bonchev–Trinajstić information content (AvgIpc) is 2.74. The number of amides is 1. The number of carboxylic acid groups (broad SMARTS) is 1. The molecule has 1 saturated heterocycles. The van der Waals surface area contributed by atoms with Crippen LogP contribution in [0.1, 0.15) is 26.7 Å². The smallest absolute Gasteiger partial charge is 0.303 e. The molecule has 0 aromatic rings. The molecular weight excluding hydrogens is 236 g/mol. The second kappa shape index (κ2) is 6.15. The lowest BCUT2D eigenvalue weighted by Crippen LogP contribution is -2.50. The second-order valence-electron chi connectivity index (χ2n) is 5.31. The van der Waals surface area contributed by atoms with Crippen LogP contribution in [0.4, 0.5) is 0 Å². The lowest BCUT2D eigenvalue weighted by molar-refractivity contribution is -0.138. The van der Waals surface area contributed by atoms with Crippen LogP contribution in [0.2, 0.25) is 0 Å². The van der Waals surface area contributed by atoms with Gasteiger partial charge in [0.05, 0.1) is 19.1 Å². The van der Waals surface area contributed by atoms with E-state index in [1.165, 1.54) is 0 Å². The van der Waals surface area contributed by atoms with Crippen LogP contribution in [0.25, 0.3) is 0 Å². The maximum atomic E-state index is 12.1. The zero-order chi connectivity index (χ0) is 13.8. The highest BCUT2D eigenvalue weighted by atomic mass is 16.5. The molecule has 104 valence electrons. The van der Waals surface area contributed by atoms with Gasteiger partial charge in [0, 0.05) is 18.0 Å². The summed E-state index contributed by atoms with van der Waals surface area (Å²) in [4.78, 5) is 22.6. The number of carboxylic acids is 1. The summed E-state index contributed by atoms with van der Waals surface area (Å²) in [6, 6.07) is 0.0280. The molecule has 0 radical (unpaired) electrons. The molecule has 3 N–H and O–H groups in total. The Morgan fingerprint density at radius 3 is 2.61 bits per heavy atom. The Morgan fingerprint density at radius 2 is 2.06 bits per heavy atom. The number of likely N-dealkylation sites (N-methyl/N-ethyl adjacent to an activating group) is 1. The van der Waals surface area contributed by atoms with Crippen LogP contribution in [-0.4, -0.2) is 48.8 Å². The van der Waals surface area contributed by atoms with Crippen molar-refractivity contribution < 1.29 is 19.4 Å². The summed E-state index contributed by atoms with van der Waals surface area (Å²) in [5, 5.41) is 14.6. The molecule has 0 aromatic carbocycles. The van der Waals surface area contributed by atoms with E-state index in [0.717, 1.165) is 0 Å². The van der Waals surface area contributed by atoms with E-state index in [4.69, 9.17) is 9.84 Å². The van der Waals surface area contributed by atoms with E-state index in [1.807, 2.05) is 13.8 Å². The topological polar surface area (TPSA) is 87.7 Å². The van der Waals surface area contributed by atoms with Gasteiger partial charge in [-0.15, -0.1) is 0 Å². The molecule has 2 unspecified atom stereocenters. The molecule has 0 aliphatic carbocycles. The van der Waals surface area contributed by atoms with Crippen LogP contribution in [0.5, 0.6) is 0 Å². The van der Waals surface area contributed by atoms with Crippen molar-refractivity contribution in [1.82, 2.24) is 10.6 Å². The van der Waals surface area contributed by atoms with Crippen molar-refractivity contribution in [2.24, 2.45) is 5.92 Å². The van der Waals surface area contributed by atoms with Gasteiger partial charge in [0.15, 0.2) is 0 Å². The van der Waals surface area contributed by atoms with Crippen molar-refractivity contribution in [3.05, 3.63) is 0 Å². The largest absolute Gasteiger partial charge is 0.481 e. The molecule has 1 fully saturated rings. The van der Waals surface area contributed by atoms with Crippen LogP contribution in [0.3, 0.4) is 0 Å². The number of rotatable bonds is 6. The normalized spacial score (nSPS) is 23.9. The third-order valence-electron chi connectivity index (χ3n) is 3.21. The monoisotopic (exact) mass is 258 g/mol. The molecule has 18 heavy (non-hydrogen) atoms. The van der Waals surface area contributed by atoms with Crippen LogP contribution >= 0.6 is 0 Å². The molecule has 0 bridgehead atoms. The zero-order valence-corrected chi connectivity index (χ0v) is 11.2. The van der Waals surface area contributed by atoms with E-state index in [9.17, 15) is 9.59 Å². The highest BCUT2D eigenvalue weighted by molar-refractivity contribution is 5.80. The van der Waals surface area contributed by atoms with Gasteiger partial charge in [-0.25, -0.2) is 0 Å². The Labute approximate surface area is 107 Å². The standard InChI is InChI=1S/C12H22N2O4/c1-12(2,5-4-10(15)16)14-11(17)8-6-18-7-9(8)13-3/h8-9,13H,4-7H2,1-3H3,(H,14,17)(H,15,16). The van der Waals surface area contributed by atoms with Gasteiger partial charge in [-0.3, -0.25) is 9.59 Å².